The van der Waals surface area contributed by atoms with E-state index in [0.29, 0.717) is 0 Å². The summed E-state index contributed by atoms with van der Waals surface area (Å²) in [5.74, 6) is -0.774. The van der Waals surface area contributed by atoms with Gasteiger partial charge in [0, 0.05) is 11.6 Å². The van der Waals surface area contributed by atoms with Gasteiger partial charge in [-0.1, -0.05) is 0 Å². The molecule has 0 aliphatic heterocycles. The van der Waals surface area contributed by atoms with E-state index < -0.39 is 10.9 Å². The zero-order valence-corrected chi connectivity index (χ0v) is 9.30. The van der Waals surface area contributed by atoms with Crippen molar-refractivity contribution in [3.05, 3.63) is 27.8 Å². The number of hydrogen-bond acceptors (Lipinski definition) is 5. The first-order valence-electron chi connectivity index (χ1n) is 4.60. The maximum absolute atomic E-state index is 10.7. The van der Waals surface area contributed by atoms with Gasteiger partial charge in [-0.25, -0.2) is 0 Å². The van der Waals surface area contributed by atoms with Crippen LogP contribution >= 0.6 is 0 Å². The van der Waals surface area contributed by atoms with E-state index in [1.54, 1.807) is 0 Å². The minimum atomic E-state index is -1.11. The highest BCUT2D eigenvalue weighted by Crippen LogP contribution is 2.35. The van der Waals surface area contributed by atoms with E-state index in [4.69, 9.17) is 14.6 Å². The van der Waals surface area contributed by atoms with E-state index in [-0.39, 0.29) is 29.2 Å². The Morgan fingerprint density at radius 3 is 2.47 bits per heavy atom. The molecule has 1 aromatic rings. The molecular formula is C10H11NO6. The van der Waals surface area contributed by atoms with E-state index in [1.807, 2.05) is 0 Å². The second-order valence-corrected chi connectivity index (χ2v) is 3.17. The molecule has 92 valence electrons. The van der Waals surface area contributed by atoms with Crippen LogP contribution in [0.3, 0.4) is 0 Å². The highest BCUT2D eigenvalue weighted by molar-refractivity contribution is 5.73. The third kappa shape index (κ3) is 2.83. The molecule has 0 spiro atoms. The van der Waals surface area contributed by atoms with E-state index in [1.165, 1.54) is 20.3 Å². The minimum Gasteiger partial charge on any atom is -0.493 e. The second-order valence-electron chi connectivity index (χ2n) is 3.17. The molecule has 1 rings (SSSR count). The van der Waals surface area contributed by atoms with Crippen molar-refractivity contribution in [2.24, 2.45) is 0 Å². The van der Waals surface area contributed by atoms with E-state index in [0.717, 1.165) is 6.07 Å². The number of rotatable bonds is 5. The molecule has 0 aliphatic rings. The highest BCUT2D eigenvalue weighted by atomic mass is 16.6. The smallest absolute Gasteiger partial charge is 0.307 e. The minimum absolute atomic E-state index is 0.137. The predicted octanol–water partition coefficient (Wildman–Crippen LogP) is 1.24. The van der Waals surface area contributed by atoms with E-state index in [9.17, 15) is 14.9 Å². The molecule has 0 radical (unpaired) electrons. The van der Waals surface area contributed by atoms with Crippen molar-refractivity contribution in [3.63, 3.8) is 0 Å². The van der Waals surface area contributed by atoms with Gasteiger partial charge in [-0.05, 0) is 0 Å². The number of non-ortho nitro benzene ring substituents is 1. The molecule has 0 unspecified atom stereocenters. The maximum Gasteiger partial charge on any atom is 0.307 e. The molecule has 0 heterocycles. The van der Waals surface area contributed by atoms with Crippen LogP contribution < -0.4 is 9.47 Å². The fourth-order valence-electron chi connectivity index (χ4n) is 1.43. The van der Waals surface area contributed by atoms with Crippen LogP contribution in [0.25, 0.3) is 0 Å². The van der Waals surface area contributed by atoms with Gasteiger partial charge in [0.05, 0.1) is 31.6 Å². The predicted molar refractivity (Wildman–Crippen MR) is 57.5 cm³/mol. The monoisotopic (exact) mass is 241 g/mol. The van der Waals surface area contributed by atoms with Crippen molar-refractivity contribution >= 4 is 11.7 Å². The van der Waals surface area contributed by atoms with Crippen LogP contribution in [0.4, 0.5) is 5.69 Å². The summed E-state index contributed by atoms with van der Waals surface area (Å²) >= 11 is 0. The lowest BCUT2D eigenvalue weighted by Gasteiger charge is -2.11. The number of carboxylic acids is 1. The largest absolute Gasteiger partial charge is 0.493 e. The first kappa shape index (κ1) is 12.8. The van der Waals surface area contributed by atoms with Gasteiger partial charge >= 0.3 is 5.97 Å². The van der Waals surface area contributed by atoms with Crippen LogP contribution in [0.5, 0.6) is 11.5 Å². The summed E-state index contributed by atoms with van der Waals surface area (Å²) in [6, 6.07) is 2.35. The molecular weight excluding hydrogens is 230 g/mol. The van der Waals surface area contributed by atoms with Gasteiger partial charge in [0.15, 0.2) is 11.5 Å². The Morgan fingerprint density at radius 1 is 1.41 bits per heavy atom. The fourth-order valence-corrected chi connectivity index (χ4v) is 1.43. The molecule has 0 fully saturated rings. The molecule has 7 nitrogen and oxygen atoms in total. The van der Waals surface area contributed by atoms with Crippen molar-refractivity contribution in [1.29, 1.82) is 0 Å². The van der Waals surface area contributed by atoms with Crippen molar-refractivity contribution in [2.75, 3.05) is 14.2 Å². The van der Waals surface area contributed by atoms with E-state index in [2.05, 4.69) is 0 Å². The molecule has 1 N–H and O–H groups in total. The van der Waals surface area contributed by atoms with Crippen LogP contribution in [0.2, 0.25) is 0 Å². The first-order valence-corrected chi connectivity index (χ1v) is 4.60. The number of benzene rings is 1. The summed E-state index contributed by atoms with van der Waals surface area (Å²) in [5.41, 5.74) is -0.0371. The van der Waals surface area contributed by atoms with Gasteiger partial charge < -0.3 is 14.6 Å². The van der Waals surface area contributed by atoms with Gasteiger partial charge in [0.1, 0.15) is 0 Å². The Hall–Kier alpha value is -2.31. The van der Waals surface area contributed by atoms with Crippen molar-refractivity contribution < 1.29 is 24.3 Å². The van der Waals surface area contributed by atoms with Crippen LogP contribution in [0, 0.1) is 10.1 Å². The van der Waals surface area contributed by atoms with Crippen LogP contribution in [-0.2, 0) is 11.2 Å². The van der Waals surface area contributed by atoms with Gasteiger partial charge in [-0.15, -0.1) is 0 Å². The van der Waals surface area contributed by atoms with Gasteiger partial charge in [-0.3, -0.25) is 14.9 Å². The normalized spacial score (nSPS) is 9.76. The zero-order valence-electron chi connectivity index (χ0n) is 9.30. The number of nitro groups is 1. The fraction of sp³-hybridized carbons (Fsp3) is 0.300. The summed E-state index contributed by atoms with van der Waals surface area (Å²) in [7, 11) is 2.67. The molecule has 0 atom stereocenters. The Balaban J connectivity index is 3.36. The summed E-state index contributed by atoms with van der Waals surface area (Å²) < 4.78 is 9.92. The molecule has 0 bridgehead atoms. The van der Waals surface area contributed by atoms with Crippen LogP contribution in [-0.4, -0.2) is 30.2 Å². The number of carbonyl (C=O) groups is 1. The quantitative estimate of drug-likeness (QED) is 0.615. The second kappa shape index (κ2) is 5.15. The SMILES string of the molecule is COc1cc([N+](=O)[O-])cc(CC(=O)O)c1OC. The summed E-state index contributed by atoms with van der Waals surface area (Å²) in [6.07, 6.45) is -0.374. The molecule has 0 amide bonds. The number of hydrogen-bond donors (Lipinski definition) is 1. The van der Waals surface area contributed by atoms with Crippen LogP contribution in [0.15, 0.2) is 12.1 Å². The standard InChI is InChI=1S/C10H11NO6/c1-16-8-5-7(11(14)15)3-6(4-9(12)13)10(8)17-2/h3,5H,4H2,1-2H3,(H,12,13). The van der Waals surface area contributed by atoms with Crippen molar-refractivity contribution in [2.45, 2.75) is 6.42 Å². The average Bonchev–Trinajstić information content (AvgIpc) is 2.26. The summed E-state index contributed by atoms with van der Waals surface area (Å²) in [4.78, 5) is 20.7. The molecule has 0 aromatic heterocycles. The number of carboxylic acid groups (broad SMARTS) is 1. The van der Waals surface area contributed by atoms with Crippen molar-refractivity contribution in [3.8, 4) is 11.5 Å². The number of nitro benzene ring substituents is 1. The Kier molecular flexibility index (Phi) is 3.86. The maximum atomic E-state index is 10.7. The molecule has 17 heavy (non-hydrogen) atoms. The Bertz CT molecular complexity index is 456. The third-order valence-electron chi connectivity index (χ3n) is 2.09. The lowest BCUT2D eigenvalue weighted by Crippen LogP contribution is -2.04. The first-order chi connectivity index (χ1) is 7.99. The Morgan fingerprint density at radius 2 is 2.06 bits per heavy atom. The zero-order chi connectivity index (χ0) is 13.0. The molecule has 7 heteroatoms. The number of methoxy groups -OCH3 is 2. The molecule has 0 aliphatic carbocycles. The molecule has 1 aromatic carbocycles. The number of ether oxygens (including phenoxy) is 2. The van der Waals surface area contributed by atoms with Gasteiger partial charge in [0.25, 0.3) is 5.69 Å². The third-order valence-corrected chi connectivity index (χ3v) is 2.09. The van der Waals surface area contributed by atoms with Crippen LogP contribution in [0.1, 0.15) is 5.56 Å². The molecule has 0 saturated carbocycles. The van der Waals surface area contributed by atoms with Crippen molar-refractivity contribution in [1.82, 2.24) is 0 Å². The van der Waals surface area contributed by atoms with E-state index >= 15 is 0 Å². The lowest BCUT2D eigenvalue weighted by molar-refractivity contribution is -0.385. The topological polar surface area (TPSA) is 98.9 Å². The average molecular weight is 241 g/mol. The lowest BCUT2D eigenvalue weighted by atomic mass is 10.1. The van der Waals surface area contributed by atoms with Gasteiger partial charge in [0.2, 0.25) is 0 Å². The van der Waals surface area contributed by atoms with Gasteiger partial charge in [-0.2, -0.15) is 0 Å². The Labute approximate surface area is 96.7 Å². The summed E-state index contributed by atoms with van der Waals surface area (Å²) in [5, 5.41) is 19.4. The number of aliphatic carboxylic acids is 1. The molecule has 0 saturated heterocycles. The summed E-state index contributed by atoms with van der Waals surface area (Å²) in [6.45, 7) is 0. The highest BCUT2D eigenvalue weighted by Gasteiger charge is 2.19. The number of nitrogens with zero attached hydrogens (tertiary/aromatic N) is 1.